The molecule has 1 aliphatic heterocycles. The van der Waals surface area contributed by atoms with Crippen LogP contribution in [0.15, 0.2) is 35.5 Å². The van der Waals surface area contributed by atoms with Crippen molar-refractivity contribution in [3.63, 3.8) is 0 Å². The molecule has 1 aromatic heterocycles. The summed E-state index contributed by atoms with van der Waals surface area (Å²) in [5, 5.41) is 0. The molecule has 0 saturated carbocycles. The van der Waals surface area contributed by atoms with Crippen LogP contribution in [0.25, 0.3) is 0 Å². The maximum atomic E-state index is 5.94. The summed E-state index contributed by atoms with van der Waals surface area (Å²) in [6.45, 7) is 1.69. The Balaban J connectivity index is 1.79. The molecule has 0 fully saturated rings. The second-order valence-electron chi connectivity index (χ2n) is 4.54. The number of rotatable bonds is 3. The lowest BCUT2D eigenvalue weighted by molar-refractivity contribution is 0.401. The first-order chi connectivity index (χ1) is 9.78. The zero-order valence-electron chi connectivity index (χ0n) is 11.2. The van der Waals surface area contributed by atoms with Crippen molar-refractivity contribution in [3.05, 3.63) is 41.9 Å². The number of hydrogen-bond donors (Lipinski definition) is 1. The summed E-state index contributed by atoms with van der Waals surface area (Å²) in [7, 11) is 1.69. The number of methoxy groups -OCH3 is 1. The Morgan fingerprint density at radius 2 is 2.15 bits per heavy atom. The zero-order valence-corrected chi connectivity index (χ0v) is 12.1. The van der Waals surface area contributed by atoms with E-state index in [9.17, 15) is 0 Å². The smallest absolute Gasteiger partial charge is 0.133 e. The topological polar surface area (TPSA) is 64.3 Å². The SMILES string of the molecule is COc1ccccc1SN1CCc2ncnc(N)c2C1. The van der Waals surface area contributed by atoms with Crippen molar-refractivity contribution in [2.75, 3.05) is 19.4 Å². The number of nitrogens with zero attached hydrogens (tertiary/aromatic N) is 3. The first-order valence-corrected chi connectivity index (χ1v) is 7.19. The summed E-state index contributed by atoms with van der Waals surface area (Å²) in [6.07, 6.45) is 2.43. The highest BCUT2D eigenvalue weighted by molar-refractivity contribution is 7.97. The molecule has 2 heterocycles. The van der Waals surface area contributed by atoms with Gasteiger partial charge in [0.05, 0.1) is 17.7 Å². The molecule has 0 aliphatic carbocycles. The number of fused-ring (bicyclic) bond motifs is 1. The number of anilines is 1. The Labute approximate surface area is 122 Å². The number of hydrogen-bond acceptors (Lipinski definition) is 6. The minimum absolute atomic E-state index is 0.584. The highest BCUT2D eigenvalue weighted by Crippen LogP contribution is 2.34. The van der Waals surface area contributed by atoms with Gasteiger partial charge in [0.15, 0.2) is 0 Å². The van der Waals surface area contributed by atoms with Gasteiger partial charge >= 0.3 is 0 Å². The van der Waals surface area contributed by atoms with E-state index in [2.05, 4.69) is 20.3 Å². The van der Waals surface area contributed by atoms with E-state index in [1.54, 1.807) is 19.1 Å². The normalized spacial score (nSPS) is 14.8. The third-order valence-corrected chi connectivity index (χ3v) is 4.40. The Morgan fingerprint density at radius 3 is 3.00 bits per heavy atom. The first kappa shape index (κ1) is 13.2. The second-order valence-corrected chi connectivity index (χ2v) is 5.68. The molecule has 1 aliphatic rings. The van der Waals surface area contributed by atoms with Crippen LogP contribution in [0.1, 0.15) is 11.3 Å². The molecule has 0 atom stereocenters. The predicted molar refractivity (Wildman–Crippen MR) is 79.4 cm³/mol. The lowest BCUT2D eigenvalue weighted by Crippen LogP contribution is -2.26. The number of nitrogens with two attached hydrogens (primary N) is 1. The molecule has 6 heteroatoms. The van der Waals surface area contributed by atoms with Crippen LogP contribution in [0.2, 0.25) is 0 Å². The number of ether oxygens (including phenoxy) is 1. The summed E-state index contributed by atoms with van der Waals surface area (Å²) in [6, 6.07) is 8.02. The van der Waals surface area contributed by atoms with Crippen molar-refractivity contribution in [2.45, 2.75) is 17.9 Å². The Bertz CT molecular complexity index is 620. The van der Waals surface area contributed by atoms with Gasteiger partial charge in [-0.25, -0.2) is 14.3 Å². The van der Waals surface area contributed by atoms with E-state index in [4.69, 9.17) is 10.5 Å². The molecule has 3 rings (SSSR count). The van der Waals surface area contributed by atoms with Crippen molar-refractivity contribution in [1.82, 2.24) is 14.3 Å². The molecule has 1 aromatic carbocycles. The van der Waals surface area contributed by atoms with Gasteiger partial charge in [-0.1, -0.05) is 12.1 Å². The van der Waals surface area contributed by atoms with Crippen LogP contribution >= 0.6 is 11.9 Å². The van der Waals surface area contributed by atoms with Crippen molar-refractivity contribution in [2.24, 2.45) is 0 Å². The van der Waals surface area contributed by atoms with E-state index in [1.165, 1.54) is 6.33 Å². The predicted octanol–water partition coefficient (Wildman–Crippen LogP) is 2.13. The van der Waals surface area contributed by atoms with E-state index in [0.717, 1.165) is 41.4 Å². The van der Waals surface area contributed by atoms with Gasteiger partial charge in [-0.05, 0) is 24.1 Å². The van der Waals surface area contributed by atoms with Crippen LogP contribution in [-0.4, -0.2) is 27.9 Å². The fourth-order valence-corrected chi connectivity index (χ4v) is 3.28. The van der Waals surface area contributed by atoms with Gasteiger partial charge in [0, 0.05) is 25.1 Å². The molecule has 0 saturated heterocycles. The number of benzene rings is 1. The Morgan fingerprint density at radius 1 is 1.30 bits per heavy atom. The molecule has 0 unspecified atom stereocenters. The van der Waals surface area contributed by atoms with E-state index in [0.29, 0.717) is 5.82 Å². The summed E-state index contributed by atoms with van der Waals surface area (Å²) in [4.78, 5) is 9.48. The third kappa shape index (κ3) is 2.57. The van der Waals surface area contributed by atoms with Gasteiger partial charge in [-0.15, -0.1) is 0 Å². The first-order valence-electron chi connectivity index (χ1n) is 6.42. The minimum Gasteiger partial charge on any atom is -0.496 e. The fraction of sp³-hybridized carbons (Fsp3) is 0.286. The second kappa shape index (κ2) is 5.68. The number of para-hydroxylation sites is 1. The molecule has 0 spiro atoms. The Kier molecular flexibility index (Phi) is 3.75. The van der Waals surface area contributed by atoms with Gasteiger partial charge in [-0.3, -0.25) is 0 Å². The van der Waals surface area contributed by atoms with Crippen LogP contribution < -0.4 is 10.5 Å². The standard InChI is InChI=1S/C14H16N4OS/c1-19-12-4-2-3-5-13(12)20-18-7-6-11-10(8-18)14(15)17-9-16-11/h2-5,9H,6-8H2,1H3,(H2,15,16,17). The largest absolute Gasteiger partial charge is 0.496 e. The third-order valence-electron chi connectivity index (χ3n) is 3.30. The quantitative estimate of drug-likeness (QED) is 0.873. The van der Waals surface area contributed by atoms with E-state index in [-0.39, 0.29) is 0 Å². The van der Waals surface area contributed by atoms with Crippen LogP contribution in [0.5, 0.6) is 5.75 Å². The molecule has 2 N–H and O–H groups in total. The molecular weight excluding hydrogens is 272 g/mol. The van der Waals surface area contributed by atoms with E-state index in [1.807, 2.05) is 18.2 Å². The van der Waals surface area contributed by atoms with Crippen molar-refractivity contribution < 1.29 is 4.74 Å². The molecule has 104 valence electrons. The van der Waals surface area contributed by atoms with Crippen LogP contribution in [0.3, 0.4) is 0 Å². The maximum absolute atomic E-state index is 5.94. The summed E-state index contributed by atoms with van der Waals surface area (Å²) < 4.78 is 7.65. The summed E-state index contributed by atoms with van der Waals surface area (Å²) in [5.74, 6) is 1.47. The Hall–Kier alpha value is -1.79. The van der Waals surface area contributed by atoms with E-state index < -0.39 is 0 Å². The minimum atomic E-state index is 0.584. The van der Waals surface area contributed by atoms with Crippen LogP contribution in [0, 0.1) is 0 Å². The average Bonchev–Trinajstić information content (AvgIpc) is 2.49. The van der Waals surface area contributed by atoms with Gasteiger partial charge in [0.25, 0.3) is 0 Å². The monoisotopic (exact) mass is 288 g/mol. The molecule has 0 radical (unpaired) electrons. The number of aromatic nitrogens is 2. The summed E-state index contributed by atoms with van der Waals surface area (Å²) >= 11 is 1.69. The van der Waals surface area contributed by atoms with Gasteiger partial charge in [0.2, 0.25) is 0 Å². The highest BCUT2D eigenvalue weighted by atomic mass is 32.2. The molecule has 20 heavy (non-hydrogen) atoms. The fourth-order valence-electron chi connectivity index (χ4n) is 2.25. The average molecular weight is 288 g/mol. The van der Waals surface area contributed by atoms with Crippen molar-refractivity contribution >= 4 is 17.8 Å². The maximum Gasteiger partial charge on any atom is 0.133 e. The van der Waals surface area contributed by atoms with Gasteiger partial charge < -0.3 is 10.5 Å². The number of nitrogen functional groups attached to an aromatic ring is 1. The van der Waals surface area contributed by atoms with Crippen LogP contribution in [0.4, 0.5) is 5.82 Å². The lowest BCUT2D eigenvalue weighted by atomic mass is 10.1. The lowest BCUT2D eigenvalue weighted by Gasteiger charge is -2.27. The van der Waals surface area contributed by atoms with E-state index >= 15 is 0 Å². The molecule has 0 amide bonds. The molecule has 2 aromatic rings. The van der Waals surface area contributed by atoms with Crippen molar-refractivity contribution in [3.8, 4) is 5.75 Å². The molecule has 0 bridgehead atoms. The molecular formula is C14H16N4OS. The molecule has 5 nitrogen and oxygen atoms in total. The van der Waals surface area contributed by atoms with Gasteiger partial charge in [0.1, 0.15) is 17.9 Å². The zero-order chi connectivity index (χ0) is 13.9. The summed E-state index contributed by atoms with van der Waals surface area (Å²) in [5.41, 5.74) is 8.05. The highest BCUT2D eigenvalue weighted by Gasteiger charge is 2.21. The van der Waals surface area contributed by atoms with Gasteiger partial charge in [-0.2, -0.15) is 0 Å². The van der Waals surface area contributed by atoms with Crippen molar-refractivity contribution in [1.29, 1.82) is 0 Å². The van der Waals surface area contributed by atoms with Crippen LogP contribution in [-0.2, 0) is 13.0 Å².